The highest BCUT2D eigenvalue weighted by atomic mass is 32.2. The molecule has 1 aromatic rings. The first-order valence-corrected chi connectivity index (χ1v) is 9.01. The Balaban J connectivity index is 2.22. The third-order valence-electron chi connectivity index (χ3n) is 3.55. The largest absolute Gasteiger partial charge is 0.313 e. The van der Waals surface area contributed by atoms with Gasteiger partial charge in [0.25, 0.3) is 0 Å². The predicted molar refractivity (Wildman–Crippen MR) is 79.3 cm³/mol. The molecule has 0 aromatic carbocycles. The molecule has 1 unspecified atom stereocenters. The van der Waals surface area contributed by atoms with Crippen molar-refractivity contribution in [3.8, 4) is 0 Å². The van der Waals surface area contributed by atoms with Crippen LogP contribution in [0.25, 0.3) is 0 Å². The van der Waals surface area contributed by atoms with E-state index in [2.05, 4.69) is 5.32 Å². The number of aryl methyl sites for hydroxylation is 2. The molecule has 0 radical (unpaired) electrons. The van der Waals surface area contributed by atoms with Crippen LogP contribution in [0.3, 0.4) is 0 Å². The van der Waals surface area contributed by atoms with Gasteiger partial charge in [-0.1, -0.05) is 6.92 Å². The number of nitrogens with one attached hydrogen (secondary N) is 1. The minimum atomic E-state index is -3.34. The molecule has 2 heterocycles. The van der Waals surface area contributed by atoms with Gasteiger partial charge in [-0.2, -0.15) is 4.31 Å². The molecule has 4 nitrogen and oxygen atoms in total. The molecule has 19 heavy (non-hydrogen) atoms. The van der Waals surface area contributed by atoms with E-state index >= 15 is 0 Å². The number of sulfonamides is 1. The molecule has 0 bridgehead atoms. The van der Waals surface area contributed by atoms with E-state index in [0.29, 0.717) is 24.0 Å². The summed E-state index contributed by atoms with van der Waals surface area (Å²) in [4.78, 5) is 2.41. The van der Waals surface area contributed by atoms with Gasteiger partial charge in [-0.05, 0) is 39.3 Å². The van der Waals surface area contributed by atoms with Gasteiger partial charge in [0.1, 0.15) is 0 Å². The summed E-state index contributed by atoms with van der Waals surface area (Å²) in [5.41, 5.74) is 0. The fraction of sp³-hybridized carbons (Fsp3) is 0.692. The van der Waals surface area contributed by atoms with Crippen LogP contribution in [0, 0.1) is 13.8 Å². The Morgan fingerprint density at radius 2 is 2.21 bits per heavy atom. The Labute approximate surface area is 119 Å². The average Bonchev–Trinajstić information content (AvgIpc) is 2.95. The second-order valence-corrected chi connectivity index (χ2v) is 8.39. The maximum Gasteiger partial charge on any atom is 0.244 e. The molecule has 0 spiro atoms. The van der Waals surface area contributed by atoms with Crippen molar-refractivity contribution in [2.75, 3.05) is 19.6 Å². The van der Waals surface area contributed by atoms with E-state index in [4.69, 9.17) is 0 Å². The Kier molecular flexibility index (Phi) is 4.66. The third-order valence-corrected chi connectivity index (χ3v) is 6.71. The molecule has 1 saturated heterocycles. The first-order valence-electron chi connectivity index (χ1n) is 6.75. The van der Waals surface area contributed by atoms with Crippen LogP contribution < -0.4 is 5.32 Å². The normalized spacial score (nSPS) is 20.3. The SMILES string of the molecule is CCN(CC1CCCN1)S(=O)(=O)c1cc(C)sc1C. The van der Waals surface area contributed by atoms with E-state index in [1.54, 1.807) is 21.7 Å². The first kappa shape index (κ1) is 15.0. The van der Waals surface area contributed by atoms with Gasteiger partial charge in [-0.3, -0.25) is 0 Å². The lowest BCUT2D eigenvalue weighted by Crippen LogP contribution is -2.41. The zero-order chi connectivity index (χ0) is 14.0. The fourth-order valence-electron chi connectivity index (χ4n) is 2.56. The van der Waals surface area contributed by atoms with Crippen LogP contribution in [0.2, 0.25) is 0 Å². The third kappa shape index (κ3) is 3.18. The van der Waals surface area contributed by atoms with Gasteiger partial charge in [0.2, 0.25) is 10.0 Å². The minimum absolute atomic E-state index is 0.301. The van der Waals surface area contributed by atoms with Crippen LogP contribution in [0.15, 0.2) is 11.0 Å². The summed E-state index contributed by atoms with van der Waals surface area (Å²) in [6, 6.07) is 2.09. The summed E-state index contributed by atoms with van der Waals surface area (Å²) in [6.07, 6.45) is 2.20. The Hall–Kier alpha value is -0.430. The van der Waals surface area contributed by atoms with Crippen molar-refractivity contribution in [2.24, 2.45) is 0 Å². The minimum Gasteiger partial charge on any atom is -0.313 e. The second-order valence-electron chi connectivity index (χ2n) is 5.03. The molecule has 1 N–H and O–H groups in total. The van der Waals surface area contributed by atoms with Gasteiger partial charge in [-0.25, -0.2) is 8.42 Å². The summed E-state index contributed by atoms with van der Waals surface area (Å²) >= 11 is 1.55. The quantitative estimate of drug-likeness (QED) is 0.906. The molecule has 6 heteroatoms. The number of hydrogen-bond donors (Lipinski definition) is 1. The number of nitrogens with zero attached hydrogens (tertiary/aromatic N) is 1. The van der Waals surface area contributed by atoms with Gasteiger partial charge < -0.3 is 5.32 Å². The smallest absolute Gasteiger partial charge is 0.244 e. The molecular formula is C13H22N2O2S2. The van der Waals surface area contributed by atoms with Crippen molar-refractivity contribution in [3.63, 3.8) is 0 Å². The fourth-order valence-corrected chi connectivity index (χ4v) is 5.58. The lowest BCUT2D eigenvalue weighted by molar-refractivity contribution is 0.383. The standard InChI is InChI=1S/C13H22N2O2S2/c1-4-15(9-12-6-5-7-14-12)19(16,17)13-8-10(2)18-11(13)3/h8,12,14H,4-7,9H2,1-3H3. The van der Waals surface area contributed by atoms with Gasteiger partial charge in [0, 0.05) is 28.9 Å². The van der Waals surface area contributed by atoms with E-state index < -0.39 is 10.0 Å². The van der Waals surface area contributed by atoms with Gasteiger partial charge in [0.05, 0.1) is 4.90 Å². The summed E-state index contributed by atoms with van der Waals surface area (Å²) < 4.78 is 27.0. The maximum atomic E-state index is 12.7. The predicted octanol–water partition coefficient (Wildman–Crippen LogP) is 2.13. The van der Waals surface area contributed by atoms with Gasteiger partial charge in [-0.15, -0.1) is 11.3 Å². The maximum absolute atomic E-state index is 12.7. The topological polar surface area (TPSA) is 49.4 Å². The molecular weight excluding hydrogens is 280 g/mol. The molecule has 0 saturated carbocycles. The Morgan fingerprint density at radius 1 is 1.47 bits per heavy atom. The highest BCUT2D eigenvalue weighted by molar-refractivity contribution is 7.89. The molecule has 1 aliphatic heterocycles. The second kappa shape index (κ2) is 5.91. The van der Waals surface area contributed by atoms with Crippen molar-refractivity contribution < 1.29 is 8.42 Å². The highest BCUT2D eigenvalue weighted by Gasteiger charge is 2.29. The van der Waals surface area contributed by atoms with Crippen molar-refractivity contribution in [2.45, 2.75) is 44.6 Å². The number of thiophene rings is 1. The molecule has 2 rings (SSSR count). The Bertz CT molecular complexity index is 531. The molecule has 1 aliphatic rings. The van der Waals surface area contributed by atoms with E-state index in [1.165, 1.54) is 0 Å². The van der Waals surface area contributed by atoms with E-state index in [-0.39, 0.29) is 0 Å². The van der Waals surface area contributed by atoms with Crippen LogP contribution in [-0.2, 0) is 10.0 Å². The number of hydrogen-bond acceptors (Lipinski definition) is 4. The van der Waals surface area contributed by atoms with Crippen LogP contribution in [0.5, 0.6) is 0 Å². The summed E-state index contributed by atoms with van der Waals surface area (Å²) in [7, 11) is -3.34. The monoisotopic (exact) mass is 302 g/mol. The van der Waals surface area contributed by atoms with Crippen molar-refractivity contribution in [3.05, 3.63) is 15.8 Å². The van der Waals surface area contributed by atoms with E-state index in [1.807, 2.05) is 20.8 Å². The molecule has 1 fully saturated rings. The van der Waals surface area contributed by atoms with Crippen LogP contribution in [0.4, 0.5) is 0 Å². The van der Waals surface area contributed by atoms with Gasteiger partial charge >= 0.3 is 0 Å². The lowest BCUT2D eigenvalue weighted by Gasteiger charge is -2.23. The number of rotatable bonds is 5. The zero-order valence-corrected chi connectivity index (χ0v) is 13.4. The lowest BCUT2D eigenvalue weighted by atomic mass is 10.2. The summed E-state index contributed by atoms with van der Waals surface area (Å²) in [5, 5.41) is 3.36. The van der Waals surface area contributed by atoms with Crippen LogP contribution in [-0.4, -0.2) is 38.4 Å². The molecule has 1 aromatic heterocycles. The first-order chi connectivity index (χ1) is 8.95. The van der Waals surface area contributed by atoms with E-state index in [0.717, 1.165) is 29.1 Å². The van der Waals surface area contributed by atoms with E-state index in [9.17, 15) is 8.42 Å². The average molecular weight is 302 g/mol. The zero-order valence-electron chi connectivity index (χ0n) is 11.8. The van der Waals surface area contributed by atoms with Crippen LogP contribution >= 0.6 is 11.3 Å². The summed E-state index contributed by atoms with van der Waals surface area (Å²) in [5.74, 6) is 0. The van der Waals surface area contributed by atoms with Gasteiger partial charge in [0.15, 0.2) is 0 Å². The molecule has 0 amide bonds. The van der Waals surface area contributed by atoms with Crippen molar-refractivity contribution >= 4 is 21.4 Å². The van der Waals surface area contributed by atoms with Crippen LogP contribution in [0.1, 0.15) is 29.5 Å². The molecule has 0 aliphatic carbocycles. The summed E-state index contributed by atoms with van der Waals surface area (Å²) in [6.45, 7) is 7.83. The number of likely N-dealkylation sites (N-methyl/N-ethyl adjacent to an activating group) is 1. The van der Waals surface area contributed by atoms with Crippen molar-refractivity contribution in [1.29, 1.82) is 0 Å². The Morgan fingerprint density at radius 3 is 2.68 bits per heavy atom. The molecule has 108 valence electrons. The highest BCUT2D eigenvalue weighted by Crippen LogP contribution is 2.28. The van der Waals surface area contributed by atoms with Crippen molar-refractivity contribution in [1.82, 2.24) is 9.62 Å². The molecule has 1 atom stereocenters.